The second-order valence-electron chi connectivity index (χ2n) is 5.29. The number of hydrogen-bond donors (Lipinski definition) is 2. The number of carboxylic acid groups (broad SMARTS) is 1. The molecule has 0 aromatic carbocycles. The maximum atomic E-state index is 11.1. The Hall–Kier alpha value is -1.40. The van der Waals surface area contributed by atoms with E-state index in [1.54, 1.807) is 0 Å². The van der Waals surface area contributed by atoms with Crippen molar-refractivity contribution >= 4 is 5.97 Å². The Labute approximate surface area is 118 Å². The van der Waals surface area contributed by atoms with Gasteiger partial charge in [-0.05, 0) is 12.8 Å². The maximum absolute atomic E-state index is 11.1. The number of imidazole rings is 1. The number of ether oxygens (including phenoxy) is 1. The minimum atomic E-state index is -0.967. The van der Waals surface area contributed by atoms with Crippen molar-refractivity contribution in [1.82, 2.24) is 9.55 Å². The van der Waals surface area contributed by atoms with Gasteiger partial charge < -0.3 is 20.1 Å². The first kappa shape index (κ1) is 15.0. The van der Waals surface area contributed by atoms with Gasteiger partial charge in [0.25, 0.3) is 0 Å². The van der Waals surface area contributed by atoms with Crippen molar-refractivity contribution in [2.75, 3.05) is 13.2 Å². The number of nitrogens with two attached hydrogens (primary N) is 1. The Bertz CT molecular complexity index is 427. The van der Waals surface area contributed by atoms with E-state index in [9.17, 15) is 4.79 Å². The summed E-state index contributed by atoms with van der Waals surface area (Å²) in [5.41, 5.74) is 6.10. The third kappa shape index (κ3) is 4.05. The Kier molecular flexibility index (Phi) is 5.55. The van der Waals surface area contributed by atoms with Crippen molar-refractivity contribution in [3.8, 4) is 0 Å². The molecule has 0 radical (unpaired) electrons. The molecule has 1 aromatic heterocycles. The molecule has 1 atom stereocenters. The Morgan fingerprint density at radius 1 is 1.50 bits per heavy atom. The van der Waals surface area contributed by atoms with Crippen LogP contribution in [0.4, 0.5) is 0 Å². The first-order chi connectivity index (χ1) is 9.70. The van der Waals surface area contributed by atoms with Gasteiger partial charge in [0, 0.05) is 25.2 Å². The fourth-order valence-electron chi connectivity index (χ4n) is 2.68. The van der Waals surface area contributed by atoms with E-state index in [4.69, 9.17) is 15.6 Å². The summed E-state index contributed by atoms with van der Waals surface area (Å²) in [7, 11) is 0. The molecule has 0 spiro atoms. The lowest BCUT2D eigenvalue weighted by Crippen LogP contribution is -2.28. The largest absolute Gasteiger partial charge is 0.479 e. The molecule has 3 N–H and O–H groups in total. The minimum absolute atomic E-state index is 0.250. The van der Waals surface area contributed by atoms with Crippen LogP contribution in [-0.4, -0.2) is 39.9 Å². The van der Waals surface area contributed by atoms with Gasteiger partial charge in [0.2, 0.25) is 0 Å². The normalized spacial score (nSPS) is 18.1. The summed E-state index contributed by atoms with van der Waals surface area (Å²) in [6.45, 7) is 0.570. The van der Waals surface area contributed by atoms with Gasteiger partial charge in [-0.1, -0.05) is 19.3 Å². The van der Waals surface area contributed by atoms with E-state index in [0.717, 1.165) is 5.69 Å². The van der Waals surface area contributed by atoms with E-state index in [2.05, 4.69) is 9.55 Å². The zero-order valence-electron chi connectivity index (χ0n) is 11.7. The number of carbonyl (C=O) groups is 1. The van der Waals surface area contributed by atoms with Crippen LogP contribution in [0.25, 0.3) is 0 Å². The molecule has 2 rings (SSSR count). The molecule has 112 valence electrons. The molecule has 1 fully saturated rings. The molecule has 0 saturated heterocycles. The summed E-state index contributed by atoms with van der Waals surface area (Å²) in [6, 6.07) is 0.512. The van der Waals surface area contributed by atoms with Crippen LogP contribution in [0.2, 0.25) is 0 Å². The van der Waals surface area contributed by atoms with Gasteiger partial charge in [0.15, 0.2) is 6.10 Å². The van der Waals surface area contributed by atoms with E-state index in [-0.39, 0.29) is 13.0 Å². The first-order valence-corrected chi connectivity index (χ1v) is 7.27. The van der Waals surface area contributed by atoms with Gasteiger partial charge in [-0.3, -0.25) is 0 Å². The average Bonchev–Trinajstić information content (AvgIpc) is 2.92. The van der Waals surface area contributed by atoms with Crippen molar-refractivity contribution in [3.63, 3.8) is 0 Å². The molecular weight excluding hydrogens is 258 g/mol. The number of hydrogen-bond acceptors (Lipinski definition) is 4. The lowest BCUT2D eigenvalue weighted by molar-refractivity contribution is -0.150. The van der Waals surface area contributed by atoms with Gasteiger partial charge in [-0.15, -0.1) is 0 Å². The van der Waals surface area contributed by atoms with Gasteiger partial charge in [-0.2, -0.15) is 0 Å². The summed E-state index contributed by atoms with van der Waals surface area (Å²) >= 11 is 0. The van der Waals surface area contributed by atoms with Crippen molar-refractivity contribution in [1.29, 1.82) is 0 Å². The number of aromatic nitrogens is 2. The summed E-state index contributed by atoms with van der Waals surface area (Å²) in [6.07, 6.45) is 9.38. The fraction of sp³-hybridized carbons (Fsp3) is 0.714. The molecule has 6 heteroatoms. The van der Waals surface area contributed by atoms with Crippen molar-refractivity contribution < 1.29 is 14.6 Å². The minimum Gasteiger partial charge on any atom is -0.479 e. The van der Waals surface area contributed by atoms with Crippen LogP contribution in [0.15, 0.2) is 12.5 Å². The number of carboxylic acids is 1. The van der Waals surface area contributed by atoms with Crippen LogP contribution in [0.3, 0.4) is 0 Å². The highest BCUT2D eigenvalue weighted by Crippen LogP contribution is 2.28. The zero-order valence-corrected chi connectivity index (χ0v) is 11.7. The quantitative estimate of drug-likeness (QED) is 0.787. The molecule has 0 bridgehead atoms. The predicted octanol–water partition coefficient (Wildman–Crippen LogP) is 1.36. The second kappa shape index (κ2) is 7.40. The molecule has 1 aliphatic rings. The molecule has 1 unspecified atom stereocenters. The Morgan fingerprint density at radius 3 is 2.90 bits per heavy atom. The topological polar surface area (TPSA) is 90.4 Å². The summed E-state index contributed by atoms with van der Waals surface area (Å²) in [5.74, 6) is -0.967. The fourth-order valence-corrected chi connectivity index (χ4v) is 2.68. The second-order valence-corrected chi connectivity index (χ2v) is 5.29. The Balaban J connectivity index is 1.94. The number of nitrogens with zero attached hydrogens (tertiary/aromatic N) is 2. The van der Waals surface area contributed by atoms with E-state index in [0.29, 0.717) is 12.6 Å². The molecule has 6 nitrogen and oxygen atoms in total. The molecule has 20 heavy (non-hydrogen) atoms. The van der Waals surface area contributed by atoms with E-state index in [1.807, 2.05) is 12.5 Å². The van der Waals surface area contributed by atoms with Crippen LogP contribution in [0.1, 0.15) is 43.8 Å². The molecule has 1 aliphatic carbocycles. The van der Waals surface area contributed by atoms with Gasteiger partial charge >= 0.3 is 5.97 Å². The molecule has 1 aromatic rings. The average molecular weight is 281 g/mol. The molecular formula is C14H23N3O3. The SMILES string of the molecule is NCCOC(Cc1cn(C2CCCCC2)cn1)C(=O)O. The first-order valence-electron chi connectivity index (χ1n) is 7.27. The van der Waals surface area contributed by atoms with Crippen LogP contribution >= 0.6 is 0 Å². The lowest BCUT2D eigenvalue weighted by atomic mass is 9.95. The third-order valence-electron chi connectivity index (χ3n) is 3.76. The van der Waals surface area contributed by atoms with Gasteiger partial charge in [0.05, 0.1) is 18.6 Å². The maximum Gasteiger partial charge on any atom is 0.333 e. The lowest BCUT2D eigenvalue weighted by Gasteiger charge is -2.22. The van der Waals surface area contributed by atoms with Crippen LogP contribution in [0, 0.1) is 0 Å². The smallest absolute Gasteiger partial charge is 0.333 e. The monoisotopic (exact) mass is 281 g/mol. The molecule has 1 saturated carbocycles. The highest BCUT2D eigenvalue weighted by atomic mass is 16.5. The summed E-state index contributed by atoms with van der Waals surface area (Å²) in [5, 5.41) is 9.12. The third-order valence-corrected chi connectivity index (χ3v) is 3.76. The van der Waals surface area contributed by atoms with Crippen LogP contribution in [0.5, 0.6) is 0 Å². The van der Waals surface area contributed by atoms with Crippen molar-refractivity contribution in [3.05, 3.63) is 18.2 Å². The Morgan fingerprint density at radius 2 is 2.25 bits per heavy atom. The standard InChI is InChI=1S/C14H23N3O3/c15-6-7-20-13(14(18)19)8-11-9-17(10-16-11)12-4-2-1-3-5-12/h9-10,12-13H,1-8,15H2,(H,18,19). The molecule has 0 amide bonds. The highest BCUT2D eigenvalue weighted by Gasteiger charge is 2.21. The number of rotatable bonds is 7. The van der Waals surface area contributed by atoms with Crippen molar-refractivity contribution in [2.24, 2.45) is 5.73 Å². The highest BCUT2D eigenvalue weighted by molar-refractivity contribution is 5.72. The molecule has 1 heterocycles. The van der Waals surface area contributed by atoms with Crippen molar-refractivity contribution in [2.45, 2.75) is 50.7 Å². The van der Waals surface area contributed by atoms with Gasteiger partial charge in [-0.25, -0.2) is 9.78 Å². The van der Waals surface area contributed by atoms with Crippen LogP contribution < -0.4 is 5.73 Å². The van der Waals surface area contributed by atoms with Gasteiger partial charge in [0.1, 0.15) is 0 Å². The number of aliphatic carboxylic acids is 1. The molecule has 0 aliphatic heterocycles. The summed E-state index contributed by atoms with van der Waals surface area (Å²) in [4.78, 5) is 15.4. The van der Waals surface area contributed by atoms with E-state index < -0.39 is 12.1 Å². The van der Waals surface area contributed by atoms with Crippen LogP contribution in [-0.2, 0) is 16.0 Å². The van der Waals surface area contributed by atoms with E-state index >= 15 is 0 Å². The zero-order chi connectivity index (χ0) is 14.4. The van der Waals surface area contributed by atoms with E-state index in [1.165, 1.54) is 32.1 Å². The summed E-state index contributed by atoms with van der Waals surface area (Å²) < 4.78 is 7.36. The predicted molar refractivity (Wildman–Crippen MR) is 74.5 cm³/mol.